The molecular formula is C19H22ClNO2. The number of ether oxygens (including phenoxy) is 1. The van der Waals surface area contributed by atoms with Crippen LogP contribution in [0.4, 0.5) is 0 Å². The minimum Gasteiger partial charge on any atom is -0.493 e. The Morgan fingerprint density at radius 1 is 1.22 bits per heavy atom. The number of hydrogen-bond donors (Lipinski definition) is 1. The van der Waals surface area contributed by atoms with Gasteiger partial charge in [0.25, 0.3) is 0 Å². The summed E-state index contributed by atoms with van der Waals surface area (Å²) in [4.78, 5) is 12.0. The molecule has 0 bridgehead atoms. The third-order valence-corrected chi connectivity index (χ3v) is 3.86. The van der Waals surface area contributed by atoms with Crippen LogP contribution in [0.15, 0.2) is 48.5 Å². The van der Waals surface area contributed by atoms with Crippen molar-refractivity contribution in [1.82, 2.24) is 5.32 Å². The molecule has 0 heterocycles. The Balaban J connectivity index is 1.72. The van der Waals surface area contributed by atoms with Gasteiger partial charge < -0.3 is 10.1 Å². The molecule has 1 amide bonds. The highest BCUT2D eigenvalue weighted by atomic mass is 35.5. The van der Waals surface area contributed by atoms with Crippen molar-refractivity contribution in [2.45, 2.75) is 32.7 Å². The molecule has 0 aromatic heterocycles. The predicted molar refractivity (Wildman–Crippen MR) is 93.9 cm³/mol. The van der Waals surface area contributed by atoms with Crippen LogP contribution in [0.25, 0.3) is 0 Å². The normalized spacial score (nSPS) is 11.8. The number of para-hydroxylation sites is 1. The molecule has 2 aromatic rings. The molecule has 1 atom stereocenters. The first kappa shape index (κ1) is 17.4. The summed E-state index contributed by atoms with van der Waals surface area (Å²) < 4.78 is 5.70. The van der Waals surface area contributed by atoms with Crippen LogP contribution in [0.3, 0.4) is 0 Å². The van der Waals surface area contributed by atoms with Crippen molar-refractivity contribution < 1.29 is 9.53 Å². The van der Waals surface area contributed by atoms with E-state index in [1.807, 2.05) is 62.4 Å². The van der Waals surface area contributed by atoms with Crippen LogP contribution in [-0.2, 0) is 4.79 Å². The van der Waals surface area contributed by atoms with Gasteiger partial charge in [0.05, 0.1) is 12.6 Å². The van der Waals surface area contributed by atoms with Gasteiger partial charge in [-0.15, -0.1) is 0 Å². The van der Waals surface area contributed by atoms with Crippen molar-refractivity contribution in [3.63, 3.8) is 0 Å². The highest BCUT2D eigenvalue weighted by molar-refractivity contribution is 6.30. The zero-order valence-electron chi connectivity index (χ0n) is 13.5. The van der Waals surface area contributed by atoms with Crippen molar-refractivity contribution >= 4 is 17.5 Å². The van der Waals surface area contributed by atoms with E-state index in [4.69, 9.17) is 16.3 Å². The van der Waals surface area contributed by atoms with Gasteiger partial charge in [0.2, 0.25) is 5.91 Å². The number of nitrogens with one attached hydrogen (secondary N) is 1. The molecule has 1 unspecified atom stereocenters. The summed E-state index contributed by atoms with van der Waals surface area (Å²) in [6.07, 6.45) is 1.12. The van der Waals surface area contributed by atoms with Gasteiger partial charge in [-0.3, -0.25) is 4.79 Å². The van der Waals surface area contributed by atoms with E-state index in [1.165, 1.54) is 0 Å². The van der Waals surface area contributed by atoms with E-state index in [9.17, 15) is 4.79 Å². The van der Waals surface area contributed by atoms with E-state index in [-0.39, 0.29) is 11.9 Å². The molecule has 0 saturated carbocycles. The highest BCUT2D eigenvalue weighted by Crippen LogP contribution is 2.18. The van der Waals surface area contributed by atoms with Crippen LogP contribution in [0.1, 0.15) is 36.9 Å². The fraction of sp³-hybridized carbons (Fsp3) is 0.316. The second-order valence-electron chi connectivity index (χ2n) is 5.56. The zero-order valence-corrected chi connectivity index (χ0v) is 14.3. The predicted octanol–water partition coefficient (Wildman–Crippen LogP) is 4.68. The Bertz CT molecular complexity index is 657. The molecule has 2 aromatic carbocycles. The first-order valence-electron chi connectivity index (χ1n) is 7.79. The third kappa shape index (κ3) is 5.61. The number of amides is 1. The molecule has 4 heteroatoms. The minimum atomic E-state index is -0.0570. The molecule has 0 aliphatic rings. The van der Waals surface area contributed by atoms with Crippen LogP contribution in [-0.4, -0.2) is 12.5 Å². The van der Waals surface area contributed by atoms with Gasteiger partial charge in [-0.2, -0.15) is 0 Å². The lowest BCUT2D eigenvalue weighted by Crippen LogP contribution is -2.26. The molecule has 23 heavy (non-hydrogen) atoms. The van der Waals surface area contributed by atoms with Crippen molar-refractivity contribution in [3.05, 3.63) is 64.7 Å². The van der Waals surface area contributed by atoms with E-state index < -0.39 is 0 Å². The number of carbonyl (C=O) groups is 1. The minimum absolute atomic E-state index is 0.0193. The fourth-order valence-corrected chi connectivity index (χ4v) is 2.50. The average Bonchev–Trinajstić information content (AvgIpc) is 2.53. The van der Waals surface area contributed by atoms with Gasteiger partial charge in [0.1, 0.15) is 5.75 Å². The summed E-state index contributed by atoms with van der Waals surface area (Å²) >= 11 is 5.97. The molecule has 0 radical (unpaired) electrons. The molecule has 0 fully saturated rings. The van der Waals surface area contributed by atoms with E-state index in [2.05, 4.69) is 5.32 Å². The van der Waals surface area contributed by atoms with E-state index in [0.717, 1.165) is 16.9 Å². The average molecular weight is 332 g/mol. The summed E-state index contributed by atoms with van der Waals surface area (Å²) in [5.74, 6) is 0.895. The topological polar surface area (TPSA) is 38.3 Å². The Kier molecular flexibility index (Phi) is 6.48. The molecule has 0 aliphatic heterocycles. The Morgan fingerprint density at radius 3 is 2.74 bits per heavy atom. The Labute approximate surface area is 142 Å². The van der Waals surface area contributed by atoms with E-state index in [0.29, 0.717) is 24.5 Å². The maximum Gasteiger partial charge on any atom is 0.220 e. The van der Waals surface area contributed by atoms with Gasteiger partial charge in [-0.05, 0) is 49.6 Å². The number of halogens is 1. The number of benzene rings is 2. The van der Waals surface area contributed by atoms with Crippen LogP contribution in [0.5, 0.6) is 5.75 Å². The molecule has 2 rings (SSSR count). The SMILES string of the molecule is Cc1ccccc1OCCCC(=O)NC(C)c1cccc(Cl)c1. The lowest BCUT2D eigenvalue weighted by Gasteiger charge is -2.15. The molecule has 3 nitrogen and oxygen atoms in total. The van der Waals surface area contributed by atoms with Crippen LogP contribution >= 0.6 is 11.6 Å². The van der Waals surface area contributed by atoms with Gasteiger partial charge in [0.15, 0.2) is 0 Å². The van der Waals surface area contributed by atoms with E-state index >= 15 is 0 Å². The van der Waals surface area contributed by atoms with Gasteiger partial charge in [-0.25, -0.2) is 0 Å². The fourth-order valence-electron chi connectivity index (χ4n) is 2.31. The van der Waals surface area contributed by atoms with Crippen molar-refractivity contribution in [2.24, 2.45) is 0 Å². The zero-order chi connectivity index (χ0) is 16.7. The van der Waals surface area contributed by atoms with Crippen LogP contribution in [0, 0.1) is 6.92 Å². The summed E-state index contributed by atoms with van der Waals surface area (Å²) in [6, 6.07) is 15.4. The molecule has 0 saturated heterocycles. The van der Waals surface area contributed by atoms with Crippen LogP contribution in [0.2, 0.25) is 5.02 Å². The molecule has 122 valence electrons. The quantitative estimate of drug-likeness (QED) is 0.748. The number of hydrogen-bond acceptors (Lipinski definition) is 2. The highest BCUT2D eigenvalue weighted by Gasteiger charge is 2.09. The first-order valence-corrected chi connectivity index (χ1v) is 8.17. The maximum atomic E-state index is 12.0. The van der Waals surface area contributed by atoms with Gasteiger partial charge in [0, 0.05) is 11.4 Å². The molecule has 1 N–H and O–H groups in total. The smallest absolute Gasteiger partial charge is 0.220 e. The van der Waals surface area contributed by atoms with Crippen molar-refractivity contribution in [3.8, 4) is 5.75 Å². The third-order valence-electron chi connectivity index (χ3n) is 3.63. The molecule has 0 spiro atoms. The summed E-state index contributed by atoms with van der Waals surface area (Å²) in [6.45, 7) is 4.49. The van der Waals surface area contributed by atoms with Crippen molar-refractivity contribution in [1.29, 1.82) is 0 Å². The lowest BCUT2D eigenvalue weighted by molar-refractivity contribution is -0.121. The second-order valence-corrected chi connectivity index (χ2v) is 6.00. The summed E-state index contributed by atoms with van der Waals surface area (Å²) in [5, 5.41) is 3.66. The Morgan fingerprint density at radius 2 is 2.00 bits per heavy atom. The molecule has 0 aliphatic carbocycles. The Hall–Kier alpha value is -2.00. The van der Waals surface area contributed by atoms with Crippen LogP contribution < -0.4 is 10.1 Å². The second kappa shape index (κ2) is 8.59. The largest absolute Gasteiger partial charge is 0.493 e. The number of rotatable bonds is 7. The lowest BCUT2D eigenvalue weighted by atomic mass is 10.1. The maximum absolute atomic E-state index is 12.0. The summed E-state index contributed by atoms with van der Waals surface area (Å²) in [5.41, 5.74) is 2.11. The van der Waals surface area contributed by atoms with E-state index in [1.54, 1.807) is 0 Å². The number of aryl methyl sites for hydroxylation is 1. The standard InChI is InChI=1S/C19H22ClNO2/c1-14-7-3-4-10-18(14)23-12-6-11-19(22)21-15(2)16-8-5-9-17(20)13-16/h3-5,7-10,13,15H,6,11-12H2,1-2H3,(H,21,22). The van der Waals surface area contributed by atoms with Gasteiger partial charge >= 0.3 is 0 Å². The van der Waals surface area contributed by atoms with Crippen molar-refractivity contribution in [2.75, 3.05) is 6.61 Å². The monoisotopic (exact) mass is 331 g/mol. The van der Waals surface area contributed by atoms with Gasteiger partial charge in [-0.1, -0.05) is 41.9 Å². The summed E-state index contributed by atoms with van der Waals surface area (Å²) in [7, 11) is 0. The first-order chi connectivity index (χ1) is 11.1. The number of carbonyl (C=O) groups excluding carboxylic acids is 1. The molecular weight excluding hydrogens is 310 g/mol.